The zero-order valence-corrected chi connectivity index (χ0v) is 7.26. The van der Waals surface area contributed by atoms with E-state index in [0.29, 0.717) is 11.3 Å². The van der Waals surface area contributed by atoms with Gasteiger partial charge in [-0.2, -0.15) is 0 Å². The van der Waals surface area contributed by atoms with Crippen LogP contribution in [0.3, 0.4) is 0 Å². The van der Waals surface area contributed by atoms with Gasteiger partial charge in [-0.05, 0) is 6.92 Å². The van der Waals surface area contributed by atoms with Gasteiger partial charge in [-0.1, -0.05) is 19.2 Å². The second-order valence-corrected chi connectivity index (χ2v) is 2.18. The molecular formula is C9H12O3. The second-order valence-electron chi connectivity index (χ2n) is 2.18. The van der Waals surface area contributed by atoms with E-state index < -0.39 is 5.97 Å². The molecular weight excluding hydrogens is 156 g/mol. The number of carboxylic acids is 1. The molecule has 3 heteroatoms. The van der Waals surface area contributed by atoms with E-state index in [-0.39, 0.29) is 5.57 Å². The average Bonchev–Trinajstić information content (AvgIpc) is 2.03. The van der Waals surface area contributed by atoms with Gasteiger partial charge >= 0.3 is 5.97 Å². The largest absolute Gasteiger partial charge is 0.497 e. The molecule has 0 spiro atoms. The molecule has 1 N–H and O–H groups in total. The molecule has 0 saturated heterocycles. The Bertz CT molecular complexity index is 248. The van der Waals surface area contributed by atoms with E-state index in [1.54, 1.807) is 6.92 Å². The van der Waals surface area contributed by atoms with Crippen LogP contribution in [-0.2, 0) is 9.53 Å². The molecule has 0 fully saturated rings. The van der Waals surface area contributed by atoms with Gasteiger partial charge in [0, 0.05) is 5.57 Å². The number of allylic oxidation sites excluding steroid dienone is 1. The molecule has 0 saturated carbocycles. The summed E-state index contributed by atoms with van der Waals surface area (Å²) in [6, 6.07) is 0. The lowest BCUT2D eigenvalue weighted by atomic mass is 10.1. The number of carboxylic acid groups (broad SMARTS) is 1. The standard InChI is InChI=1S/C9H12O3/c1-5-8(9(10)11)6(2)7(3)12-4/h5H,1,3H2,2,4H3,(H,10,11). The summed E-state index contributed by atoms with van der Waals surface area (Å²) in [7, 11) is 1.44. The number of rotatable bonds is 4. The first-order chi connectivity index (χ1) is 5.54. The van der Waals surface area contributed by atoms with Crippen molar-refractivity contribution in [3.63, 3.8) is 0 Å². The number of hydrogen-bond acceptors (Lipinski definition) is 2. The predicted octanol–water partition coefficient (Wildman–Crippen LogP) is 1.73. The van der Waals surface area contributed by atoms with Crippen LogP contribution in [0.4, 0.5) is 0 Å². The van der Waals surface area contributed by atoms with Gasteiger partial charge in [-0.3, -0.25) is 0 Å². The summed E-state index contributed by atoms with van der Waals surface area (Å²) in [6.45, 7) is 8.54. The molecule has 66 valence electrons. The lowest BCUT2D eigenvalue weighted by Gasteiger charge is -2.06. The Balaban J connectivity index is 4.97. The van der Waals surface area contributed by atoms with E-state index in [1.165, 1.54) is 13.2 Å². The van der Waals surface area contributed by atoms with Gasteiger partial charge in [0.1, 0.15) is 5.76 Å². The highest BCUT2D eigenvalue weighted by atomic mass is 16.5. The fourth-order valence-corrected chi connectivity index (χ4v) is 0.704. The Hall–Kier alpha value is -1.51. The average molecular weight is 168 g/mol. The third-order valence-electron chi connectivity index (χ3n) is 1.50. The Morgan fingerprint density at radius 2 is 2.08 bits per heavy atom. The van der Waals surface area contributed by atoms with Crippen molar-refractivity contribution in [1.29, 1.82) is 0 Å². The van der Waals surface area contributed by atoms with Crippen LogP contribution in [0.15, 0.2) is 36.1 Å². The molecule has 0 aliphatic heterocycles. The van der Waals surface area contributed by atoms with E-state index in [4.69, 9.17) is 9.84 Å². The summed E-state index contributed by atoms with van der Waals surface area (Å²) in [5, 5.41) is 8.66. The van der Waals surface area contributed by atoms with E-state index in [9.17, 15) is 4.79 Å². The van der Waals surface area contributed by atoms with Crippen LogP contribution >= 0.6 is 0 Å². The summed E-state index contributed by atoms with van der Waals surface area (Å²) in [5.41, 5.74) is 0.599. The van der Waals surface area contributed by atoms with Crippen LogP contribution in [0.2, 0.25) is 0 Å². The fourth-order valence-electron chi connectivity index (χ4n) is 0.704. The molecule has 0 rings (SSSR count). The molecule has 12 heavy (non-hydrogen) atoms. The van der Waals surface area contributed by atoms with Gasteiger partial charge in [0.2, 0.25) is 0 Å². The van der Waals surface area contributed by atoms with Crippen molar-refractivity contribution >= 4 is 5.97 Å². The Kier molecular flexibility index (Phi) is 3.83. The maximum atomic E-state index is 10.6. The first-order valence-corrected chi connectivity index (χ1v) is 3.34. The van der Waals surface area contributed by atoms with E-state index in [1.807, 2.05) is 0 Å². The minimum Gasteiger partial charge on any atom is -0.497 e. The van der Waals surface area contributed by atoms with Crippen molar-refractivity contribution in [2.75, 3.05) is 7.11 Å². The summed E-state index contributed by atoms with van der Waals surface area (Å²) < 4.78 is 4.78. The molecule has 0 radical (unpaired) electrons. The lowest BCUT2D eigenvalue weighted by Crippen LogP contribution is -2.02. The Morgan fingerprint density at radius 1 is 1.58 bits per heavy atom. The Labute approximate surface area is 71.7 Å². The van der Waals surface area contributed by atoms with Crippen molar-refractivity contribution < 1.29 is 14.6 Å². The van der Waals surface area contributed by atoms with E-state index in [0.717, 1.165) is 0 Å². The third-order valence-corrected chi connectivity index (χ3v) is 1.50. The highest BCUT2D eigenvalue weighted by Gasteiger charge is 2.09. The summed E-state index contributed by atoms with van der Waals surface area (Å²) >= 11 is 0. The zero-order valence-electron chi connectivity index (χ0n) is 7.26. The molecule has 0 heterocycles. The minimum absolute atomic E-state index is 0.113. The number of methoxy groups -OCH3 is 1. The molecule has 3 nitrogen and oxygen atoms in total. The summed E-state index contributed by atoms with van der Waals surface area (Å²) in [6.07, 6.45) is 1.27. The monoisotopic (exact) mass is 168 g/mol. The molecule has 0 aromatic heterocycles. The normalized spacial score (nSPS) is 11.5. The van der Waals surface area contributed by atoms with Crippen LogP contribution < -0.4 is 0 Å². The number of aliphatic carboxylic acids is 1. The van der Waals surface area contributed by atoms with Gasteiger partial charge in [-0.25, -0.2) is 4.79 Å². The van der Waals surface area contributed by atoms with Crippen LogP contribution in [0.1, 0.15) is 6.92 Å². The fraction of sp³-hybridized carbons (Fsp3) is 0.222. The van der Waals surface area contributed by atoms with E-state index in [2.05, 4.69) is 13.2 Å². The SMILES string of the molecule is C=CC(C(=O)O)=C(C)C(=C)OC. The summed E-state index contributed by atoms with van der Waals surface area (Å²) in [5.74, 6) is -0.687. The first-order valence-electron chi connectivity index (χ1n) is 3.34. The summed E-state index contributed by atoms with van der Waals surface area (Å²) in [4.78, 5) is 10.6. The van der Waals surface area contributed by atoms with Gasteiger partial charge in [0.25, 0.3) is 0 Å². The molecule has 0 amide bonds. The van der Waals surface area contributed by atoms with E-state index >= 15 is 0 Å². The predicted molar refractivity (Wildman–Crippen MR) is 46.7 cm³/mol. The molecule has 0 aromatic rings. The van der Waals surface area contributed by atoms with Gasteiger partial charge in [-0.15, -0.1) is 0 Å². The van der Waals surface area contributed by atoms with Crippen molar-refractivity contribution in [3.05, 3.63) is 36.1 Å². The Morgan fingerprint density at radius 3 is 2.33 bits per heavy atom. The molecule has 0 aliphatic carbocycles. The van der Waals surface area contributed by atoms with Crippen molar-refractivity contribution in [2.45, 2.75) is 6.92 Å². The highest BCUT2D eigenvalue weighted by molar-refractivity contribution is 5.91. The van der Waals surface area contributed by atoms with Crippen LogP contribution in [-0.4, -0.2) is 18.2 Å². The zero-order chi connectivity index (χ0) is 9.72. The first kappa shape index (κ1) is 10.5. The van der Waals surface area contributed by atoms with Crippen LogP contribution in [0.5, 0.6) is 0 Å². The third kappa shape index (κ3) is 2.27. The highest BCUT2D eigenvalue weighted by Crippen LogP contribution is 2.13. The van der Waals surface area contributed by atoms with Crippen molar-refractivity contribution in [1.82, 2.24) is 0 Å². The smallest absolute Gasteiger partial charge is 0.336 e. The molecule has 0 atom stereocenters. The maximum Gasteiger partial charge on any atom is 0.336 e. The van der Waals surface area contributed by atoms with Crippen LogP contribution in [0.25, 0.3) is 0 Å². The number of ether oxygens (including phenoxy) is 1. The van der Waals surface area contributed by atoms with Crippen LogP contribution in [0, 0.1) is 0 Å². The van der Waals surface area contributed by atoms with Gasteiger partial charge in [0.05, 0.1) is 12.7 Å². The molecule has 0 aromatic carbocycles. The maximum absolute atomic E-state index is 10.6. The quantitative estimate of drug-likeness (QED) is 0.395. The second kappa shape index (κ2) is 4.38. The lowest BCUT2D eigenvalue weighted by molar-refractivity contribution is -0.132. The number of carbonyl (C=O) groups is 1. The topological polar surface area (TPSA) is 46.5 Å². The minimum atomic E-state index is -1.03. The van der Waals surface area contributed by atoms with Crippen molar-refractivity contribution in [3.8, 4) is 0 Å². The molecule has 0 unspecified atom stereocenters. The molecule has 0 aliphatic rings. The number of hydrogen-bond donors (Lipinski definition) is 1. The van der Waals surface area contributed by atoms with Gasteiger partial charge < -0.3 is 9.84 Å². The molecule has 0 bridgehead atoms. The van der Waals surface area contributed by atoms with Gasteiger partial charge in [0.15, 0.2) is 0 Å². The van der Waals surface area contributed by atoms with Crippen molar-refractivity contribution in [2.24, 2.45) is 0 Å².